The summed E-state index contributed by atoms with van der Waals surface area (Å²) in [5, 5.41) is 10.8. The van der Waals surface area contributed by atoms with Gasteiger partial charge in [-0.15, -0.1) is 0 Å². The summed E-state index contributed by atoms with van der Waals surface area (Å²) in [6.07, 6.45) is 2.75. The molecule has 2 aromatic carbocycles. The van der Waals surface area contributed by atoms with Crippen molar-refractivity contribution in [1.29, 1.82) is 0 Å². The fourth-order valence-corrected chi connectivity index (χ4v) is 3.67. The molecule has 30 heavy (non-hydrogen) atoms. The van der Waals surface area contributed by atoms with Crippen molar-refractivity contribution in [2.45, 2.75) is 16.9 Å². The van der Waals surface area contributed by atoms with Gasteiger partial charge in [-0.2, -0.15) is 13.2 Å². The SMILES string of the molecule is O=c1n(Cc2ccnc3ccc(F)cc23)cc(O)n1-c1ccc(SC(F)(F)F)cc1. The number of hydrogen-bond donors (Lipinski definition) is 1. The van der Waals surface area contributed by atoms with Crippen LogP contribution in [0.5, 0.6) is 5.88 Å². The van der Waals surface area contributed by atoms with Crippen LogP contribution in [0.4, 0.5) is 17.6 Å². The summed E-state index contributed by atoms with van der Waals surface area (Å²) < 4.78 is 53.3. The standard InChI is InChI=1S/C20H13F4N3O2S/c21-13-1-6-17-16(9-13)12(7-8-25-17)10-26-11-18(28)27(19(26)29)14-2-4-15(5-3-14)30-20(22,23)24/h1-9,11,28H,10H2. The second kappa shape index (κ2) is 7.52. The first-order valence-electron chi connectivity index (χ1n) is 8.62. The van der Waals surface area contributed by atoms with Gasteiger partial charge in [0.1, 0.15) is 5.82 Å². The summed E-state index contributed by atoms with van der Waals surface area (Å²) in [4.78, 5) is 16.9. The van der Waals surface area contributed by atoms with Gasteiger partial charge in [-0.3, -0.25) is 9.55 Å². The van der Waals surface area contributed by atoms with E-state index in [1.165, 1.54) is 59.4 Å². The van der Waals surface area contributed by atoms with Crippen LogP contribution in [0.3, 0.4) is 0 Å². The van der Waals surface area contributed by atoms with Crippen LogP contribution >= 0.6 is 11.8 Å². The minimum atomic E-state index is -4.42. The predicted molar refractivity (Wildman–Crippen MR) is 104 cm³/mol. The summed E-state index contributed by atoms with van der Waals surface area (Å²) in [5.74, 6) is -0.818. The summed E-state index contributed by atoms with van der Waals surface area (Å²) >= 11 is -0.269. The van der Waals surface area contributed by atoms with Crippen molar-refractivity contribution in [3.63, 3.8) is 0 Å². The molecule has 0 amide bonds. The van der Waals surface area contributed by atoms with E-state index in [0.29, 0.717) is 16.5 Å². The Bertz CT molecular complexity index is 1280. The maximum absolute atomic E-state index is 13.6. The molecule has 4 aromatic rings. The van der Waals surface area contributed by atoms with Crippen LogP contribution < -0.4 is 5.69 Å². The van der Waals surface area contributed by atoms with Crippen LogP contribution in [0, 0.1) is 5.82 Å². The lowest BCUT2D eigenvalue weighted by molar-refractivity contribution is -0.0328. The fourth-order valence-electron chi connectivity index (χ4n) is 3.13. The highest BCUT2D eigenvalue weighted by atomic mass is 32.2. The highest BCUT2D eigenvalue weighted by Crippen LogP contribution is 2.37. The largest absolute Gasteiger partial charge is 0.493 e. The molecule has 0 saturated carbocycles. The summed E-state index contributed by atoms with van der Waals surface area (Å²) in [7, 11) is 0. The van der Waals surface area contributed by atoms with Crippen molar-refractivity contribution < 1.29 is 22.7 Å². The third-order valence-electron chi connectivity index (χ3n) is 4.40. The molecule has 0 aliphatic carbocycles. The molecule has 0 aliphatic heterocycles. The number of aromatic hydroxyl groups is 1. The zero-order valence-corrected chi connectivity index (χ0v) is 15.9. The zero-order chi connectivity index (χ0) is 21.5. The number of benzene rings is 2. The molecule has 0 bridgehead atoms. The number of hydrogen-bond acceptors (Lipinski definition) is 4. The van der Waals surface area contributed by atoms with Crippen LogP contribution in [0.1, 0.15) is 5.56 Å². The first kappa shape index (κ1) is 20.0. The maximum Gasteiger partial charge on any atom is 0.446 e. The van der Waals surface area contributed by atoms with Crippen LogP contribution in [0.15, 0.2) is 70.6 Å². The molecule has 0 aliphatic rings. The molecule has 2 heterocycles. The van der Waals surface area contributed by atoms with Crippen LogP contribution in [-0.4, -0.2) is 24.7 Å². The molecule has 4 rings (SSSR count). The average Bonchev–Trinajstić information content (AvgIpc) is 2.95. The van der Waals surface area contributed by atoms with E-state index in [0.717, 1.165) is 4.57 Å². The normalized spacial score (nSPS) is 11.9. The third kappa shape index (κ3) is 4.04. The van der Waals surface area contributed by atoms with Crippen molar-refractivity contribution in [3.05, 3.63) is 82.8 Å². The number of pyridine rings is 1. The summed E-state index contributed by atoms with van der Waals surface area (Å²) in [6, 6.07) is 10.8. The highest BCUT2D eigenvalue weighted by Gasteiger charge is 2.29. The van der Waals surface area contributed by atoms with Gasteiger partial charge in [0.05, 0.1) is 23.9 Å². The lowest BCUT2D eigenvalue weighted by Gasteiger charge is -2.08. The summed E-state index contributed by atoms with van der Waals surface area (Å²) in [5.41, 5.74) is -3.62. The number of thioether (sulfide) groups is 1. The Morgan fingerprint density at radius 1 is 1.07 bits per heavy atom. The number of imidazole rings is 1. The third-order valence-corrected chi connectivity index (χ3v) is 5.14. The Morgan fingerprint density at radius 3 is 2.50 bits per heavy atom. The topological polar surface area (TPSA) is 60.1 Å². The van der Waals surface area contributed by atoms with Crippen molar-refractivity contribution in [1.82, 2.24) is 14.1 Å². The molecular weight excluding hydrogens is 422 g/mol. The molecule has 0 radical (unpaired) electrons. The smallest absolute Gasteiger partial charge is 0.446 e. The van der Waals surface area contributed by atoms with E-state index in [1.54, 1.807) is 6.07 Å². The van der Waals surface area contributed by atoms with Crippen molar-refractivity contribution in [3.8, 4) is 11.6 Å². The van der Waals surface area contributed by atoms with E-state index in [-0.39, 0.29) is 34.8 Å². The molecule has 1 N–H and O–H groups in total. The van der Waals surface area contributed by atoms with Crippen molar-refractivity contribution >= 4 is 22.7 Å². The number of nitrogens with zero attached hydrogens (tertiary/aromatic N) is 3. The lowest BCUT2D eigenvalue weighted by atomic mass is 10.1. The van der Waals surface area contributed by atoms with Gasteiger partial charge >= 0.3 is 11.2 Å². The van der Waals surface area contributed by atoms with E-state index >= 15 is 0 Å². The number of aromatic nitrogens is 3. The minimum absolute atomic E-state index is 0.0384. The van der Waals surface area contributed by atoms with Gasteiger partial charge in [-0.05, 0) is 65.9 Å². The van der Waals surface area contributed by atoms with Gasteiger partial charge in [0.25, 0.3) is 0 Å². The monoisotopic (exact) mass is 435 g/mol. The van der Waals surface area contributed by atoms with E-state index in [1.807, 2.05) is 0 Å². The predicted octanol–water partition coefficient (Wildman–Crippen LogP) is 4.69. The number of fused-ring (bicyclic) bond motifs is 1. The van der Waals surface area contributed by atoms with Crippen molar-refractivity contribution in [2.75, 3.05) is 0 Å². The molecule has 0 unspecified atom stereocenters. The van der Waals surface area contributed by atoms with E-state index in [4.69, 9.17) is 0 Å². The Balaban J connectivity index is 1.68. The number of alkyl halides is 3. The lowest BCUT2D eigenvalue weighted by Crippen LogP contribution is -2.23. The maximum atomic E-state index is 13.6. The Labute approximate surface area is 171 Å². The molecule has 5 nitrogen and oxygen atoms in total. The van der Waals surface area contributed by atoms with Gasteiger partial charge in [0, 0.05) is 16.5 Å². The van der Waals surface area contributed by atoms with Gasteiger partial charge in [0.2, 0.25) is 5.88 Å². The second-order valence-corrected chi connectivity index (χ2v) is 7.54. The average molecular weight is 435 g/mol. The van der Waals surface area contributed by atoms with Gasteiger partial charge in [-0.25, -0.2) is 13.8 Å². The number of halogens is 4. The first-order valence-corrected chi connectivity index (χ1v) is 9.43. The Kier molecular flexibility index (Phi) is 5.02. The molecule has 10 heteroatoms. The Hall–Kier alpha value is -3.27. The van der Waals surface area contributed by atoms with Crippen molar-refractivity contribution in [2.24, 2.45) is 0 Å². The molecule has 0 fully saturated rings. The second-order valence-electron chi connectivity index (χ2n) is 6.41. The number of rotatable bonds is 4. The van der Waals surface area contributed by atoms with Gasteiger partial charge < -0.3 is 5.11 Å². The van der Waals surface area contributed by atoms with E-state index in [9.17, 15) is 27.5 Å². The zero-order valence-electron chi connectivity index (χ0n) is 15.1. The van der Waals surface area contributed by atoms with Crippen LogP contribution in [0.2, 0.25) is 0 Å². The van der Waals surface area contributed by atoms with Gasteiger partial charge in [-0.1, -0.05) is 0 Å². The highest BCUT2D eigenvalue weighted by molar-refractivity contribution is 8.00. The molecule has 0 atom stereocenters. The van der Waals surface area contributed by atoms with E-state index in [2.05, 4.69) is 4.98 Å². The molecule has 0 saturated heterocycles. The molecule has 0 spiro atoms. The van der Waals surface area contributed by atoms with Gasteiger partial charge in [0.15, 0.2) is 0 Å². The quantitative estimate of drug-likeness (QED) is 0.373. The fraction of sp³-hybridized carbons (Fsp3) is 0.100. The summed E-state index contributed by atoms with van der Waals surface area (Å²) in [6.45, 7) is 0.0455. The van der Waals surface area contributed by atoms with E-state index < -0.39 is 17.0 Å². The molecular formula is C20H13F4N3O2S. The molecule has 2 aromatic heterocycles. The molecule has 154 valence electrons. The first-order chi connectivity index (χ1) is 14.2. The Morgan fingerprint density at radius 2 is 1.80 bits per heavy atom. The van der Waals surface area contributed by atoms with Crippen LogP contribution in [-0.2, 0) is 6.54 Å². The minimum Gasteiger partial charge on any atom is -0.493 e. The van der Waals surface area contributed by atoms with Crippen LogP contribution in [0.25, 0.3) is 16.6 Å².